The van der Waals surface area contributed by atoms with E-state index in [2.05, 4.69) is 20.0 Å². The molecule has 1 aromatic heterocycles. The van der Waals surface area contributed by atoms with E-state index in [0.29, 0.717) is 17.1 Å². The van der Waals surface area contributed by atoms with Gasteiger partial charge in [0.2, 0.25) is 11.4 Å². The van der Waals surface area contributed by atoms with Crippen molar-refractivity contribution in [2.75, 3.05) is 7.11 Å². The number of nitrogens with zero attached hydrogens (tertiary/aromatic N) is 2. The zero-order valence-corrected chi connectivity index (χ0v) is 12.6. The molecule has 2 N–H and O–H groups in total. The molecule has 5 nitrogen and oxygen atoms in total. The molecule has 3 rings (SSSR count). The van der Waals surface area contributed by atoms with E-state index in [1.54, 1.807) is 13.3 Å². The number of hydrogen-bond donors (Lipinski definition) is 2. The van der Waals surface area contributed by atoms with E-state index in [1.165, 1.54) is 0 Å². The summed E-state index contributed by atoms with van der Waals surface area (Å²) in [5.41, 5.74) is 4.22. The number of nitrogens with one attached hydrogen (secondary N) is 2. The van der Waals surface area contributed by atoms with Crippen LogP contribution in [0.3, 0.4) is 0 Å². The Balaban J connectivity index is 2.19. The van der Waals surface area contributed by atoms with Gasteiger partial charge in [-0.15, -0.1) is 0 Å². The minimum atomic E-state index is 0.340. The zero-order valence-electron chi connectivity index (χ0n) is 12.6. The van der Waals surface area contributed by atoms with Crippen LogP contribution in [0.4, 0.5) is 11.4 Å². The summed E-state index contributed by atoms with van der Waals surface area (Å²) < 4.78 is 5.21. The molecule has 2 heterocycles. The van der Waals surface area contributed by atoms with Gasteiger partial charge in [0.25, 0.3) is 0 Å². The first-order chi connectivity index (χ1) is 11.3. The van der Waals surface area contributed by atoms with E-state index in [9.17, 15) is 0 Å². The molecule has 0 saturated carbocycles. The fourth-order valence-corrected chi connectivity index (χ4v) is 2.59. The van der Waals surface area contributed by atoms with Crippen LogP contribution in [0, 0.1) is 13.1 Å². The van der Waals surface area contributed by atoms with Crippen LogP contribution >= 0.6 is 0 Å². The molecule has 5 heteroatoms. The van der Waals surface area contributed by atoms with Gasteiger partial charge in [-0.05, 0) is 30.1 Å². The Bertz CT molecular complexity index is 863. The number of aromatic nitrogens is 1. The lowest BCUT2D eigenvalue weighted by Crippen LogP contribution is -2.04. The van der Waals surface area contributed by atoms with Gasteiger partial charge < -0.3 is 15.0 Å². The van der Waals surface area contributed by atoms with Gasteiger partial charge in [0, 0.05) is 23.4 Å². The Morgan fingerprint density at radius 2 is 1.96 bits per heavy atom. The molecule has 1 aliphatic rings. The Morgan fingerprint density at radius 3 is 2.52 bits per heavy atom. The molecule has 1 aliphatic heterocycles. The van der Waals surface area contributed by atoms with Crippen molar-refractivity contribution in [2.45, 2.75) is 6.42 Å². The Kier molecular flexibility index (Phi) is 3.86. The summed E-state index contributed by atoms with van der Waals surface area (Å²) in [6.45, 7) is 14.6. The van der Waals surface area contributed by atoms with E-state index in [4.69, 9.17) is 17.9 Å². The Labute approximate surface area is 134 Å². The minimum Gasteiger partial charge on any atom is -0.497 e. The number of hydrogen-bond acceptors (Lipinski definition) is 2. The van der Waals surface area contributed by atoms with Crippen molar-refractivity contribution < 1.29 is 4.74 Å². The molecule has 0 radical (unpaired) electrons. The van der Waals surface area contributed by atoms with E-state index in [-0.39, 0.29) is 0 Å². The van der Waals surface area contributed by atoms with Crippen LogP contribution in [-0.4, -0.2) is 12.1 Å². The third-order valence-corrected chi connectivity index (χ3v) is 3.69. The van der Waals surface area contributed by atoms with Crippen LogP contribution < -0.4 is 10.1 Å². The van der Waals surface area contributed by atoms with Gasteiger partial charge in [0.05, 0.1) is 20.3 Å². The van der Waals surface area contributed by atoms with Gasteiger partial charge >= 0.3 is 0 Å². The lowest BCUT2D eigenvalue weighted by atomic mass is 9.98. The van der Waals surface area contributed by atoms with Gasteiger partial charge in [-0.2, -0.15) is 0 Å². The van der Waals surface area contributed by atoms with Gasteiger partial charge in [-0.1, -0.05) is 18.2 Å². The molecule has 1 aromatic carbocycles. The summed E-state index contributed by atoms with van der Waals surface area (Å²) >= 11 is 0. The molecule has 0 aliphatic carbocycles. The maximum atomic E-state index is 7.42. The standard InChI is InChI=1S/C18H14N4O/c1-19-15-11-22-18(17(15)20-2)16(14-5-4-10-21-14)12-6-8-13(23-3)9-7-12/h4,6-11,21-22H,5H2,3H3. The highest BCUT2D eigenvalue weighted by Crippen LogP contribution is 2.40. The average Bonchev–Trinajstić information content (AvgIpc) is 3.25. The van der Waals surface area contributed by atoms with Gasteiger partial charge in [0.1, 0.15) is 5.75 Å². The van der Waals surface area contributed by atoms with Crippen molar-refractivity contribution >= 4 is 16.9 Å². The number of rotatable bonds is 3. The smallest absolute Gasteiger partial charge is 0.219 e. The second-order valence-electron chi connectivity index (χ2n) is 4.95. The molecule has 112 valence electrons. The van der Waals surface area contributed by atoms with Crippen LogP contribution in [0.25, 0.3) is 15.3 Å². The van der Waals surface area contributed by atoms with Crippen LogP contribution in [0.5, 0.6) is 5.75 Å². The summed E-state index contributed by atoms with van der Waals surface area (Å²) in [5.74, 6) is 0.773. The minimum absolute atomic E-state index is 0.340. The predicted molar refractivity (Wildman–Crippen MR) is 89.2 cm³/mol. The summed E-state index contributed by atoms with van der Waals surface area (Å²) in [6.07, 6.45) is 6.25. The molecule has 0 spiro atoms. The number of methoxy groups -OCH3 is 1. The Hall–Kier alpha value is -3.44. The summed E-state index contributed by atoms with van der Waals surface area (Å²) in [4.78, 5) is 10.1. The van der Waals surface area contributed by atoms with Gasteiger partial charge in [0.15, 0.2) is 0 Å². The monoisotopic (exact) mass is 302 g/mol. The summed E-state index contributed by atoms with van der Waals surface area (Å²) in [7, 11) is 1.63. The molecule has 0 unspecified atom stereocenters. The molecule has 0 amide bonds. The third kappa shape index (κ3) is 2.56. The van der Waals surface area contributed by atoms with Crippen LogP contribution in [-0.2, 0) is 0 Å². The first-order valence-corrected chi connectivity index (χ1v) is 7.04. The highest BCUT2D eigenvalue weighted by atomic mass is 16.5. The molecular formula is C18H14N4O. The van der Waals surface area contributed by atoms with Crippen molar-refractivity contribution in [1.82, 2.24) is 10.3 Å². The van der Waals surface area contributed by atoms with Crippen LogP contribution in [0.1, 0.15) is 17.7 Å². The first-order valence-electron chi connectivity index (χ1n) is 7.04. The summed E-state index contributed by atoms with van der Waals surface area (Å²) in [5, 5.41) is 3.23. The van der Waals surface area contributed by atoms with Crippen molar-refractivity contribution in [3.8, 4) is 5.75 Å². The largest absolute Gasteiger partial charge is 0.497 e. The van der Waals surface area contributed by atoms with E-state index < -0.39 is 0 Å². The average molecular weight is 302 g/mol. The van der Waals surface area contributed by atoms with Crippen molar-refractivity contribution in [1.29, 1.82) is 0 Å². The molecule has 23 heavy (non-hydrogen) atoms. The number of benzene rings is 1. The van der Waals surface area contributed by atoms with E-state index in [0.717, 1.165) is 29.0 Å². The molecule has 2 aromatic rings. The predicted octanol–water partition coefficient (Wildman–Crippen LogP) is 4.39. The zero-order chi connectivity index (χ0) is 16.2. The number of ether oxygens (including phenoxy) is 1. The molecular weight excluding hydrogens is 288 g/mol. The number of aromatic amines is 1. The maximum absolute atomic E-state index is 7.42. The maximum Gasteiger partial charge on any atom is 0.219 e. The van der Waals surface area contributed by atoms with Gasteiger partial charge in [-0.25, -0.2) is 9.69 Å². The Morgan fingerprint density at radius 1 is 1.17 bits per heavy atom. The highest BCUT2D eigenvalue weighted by Gasteiger charge is 2.20. The van der Waals surface area contributed by atoms with Crippen molar-refractivity contribution in [3.05, 3.63) is 82.5 Å². The lowest BCUT2D eigenvalue weighted by molar-refractivity contribution is 0.415. The van der Waals surface area contributed by atoms with Crippen molar-refractivity contribution in [3.63, 3.8) is 0 Å². The second kappa shape index (κ2) is 6.13. The SMILES string of the molecule is [C-]#[N+]c1c[nH]c(C(=C2CC=CN2)c2ccc(OC)cc2)c1[N+]#[C-]. The summed E-state index contributed by atoms with van der Waals surface area (Å²) in [6, 6.07) is 7.67. The van der Waals surface area contributed by atoms with Crippen LogP contribution in [0.2, 0.25) is 0 Å². The van der Waals surface area contributed by atoms with E-state index >= 15 is 0 Å². The number of allylic oxidation sites excluding steroid dienone is 1. The topological polar surface area (TPSA) is 45.8 Å². The molecule has 0 atom stereocenters. The van der Waals surface area contributed by atoms with Gasteiger partial charge in [-0.3, -0.25) is 0 Å². The van der Waals surface area contributed by atoms with E-state index in [1.807, 2.05) is 36.5 Å². The molecule has 0 fully saturated rings. The van der Waals surface area contributed by atoms with Crippen molar-refractivity contribution in [2.24, 2.45) is 0 Å². The number of H-pyrrole nitrogens is 1. The fourth-order valence-electron chi connectivity index (χ4n) is 2.59. The molecule has 0 saturated heterocycles. The van der Waals surface area contributed by atoms with Crippen LogP contribution in [0.15, 0.2) is 48.4 Å². The molecule has 0 bridgehead atoms. The quantitative estimate of drug-likeness (QED) is 0.826. The second-order valence-corrected chi connectivity index (χ2v) is 4.95. The third-order valence-electron chi connectivity index (χ3n) is 3.69. The highest BCUT2D eigenvalue weighted by molar-refractivity contribution is 5.92. The normalized spacial score (nSPS) is 14.7. The lowest BCUT2D eigenvalue weighted by Gasteiger charge is -2.13. The fraction of sp³-hybridized carbons (Fsp3) is 0.111. The first kappa shape index (κ1) is 14.5.